The zero-order valence-corrected chi connectivity index (χ0v) is 17.9. The van der Waals surface area contributed by atoms with E-state index in [1.54, 1.807) is 14.0 Å². The van der Waals surface area contributed by atoms with Crippen LogP contribution in [0.2, 0.25) is 0 Å². The molecule has 1 unspecified atom stereocenters. The molecule has 0 radical (unpaired) electrons. The van der Waals surface area contributed by atoms with Gasteiger partial charge in [-0.2, -0.15) is 0 Å². The number of piperidine rings is 1. The Balaban J connectivity index is 0.00000338. The SMILES string of the molecule is CCNC(=NCCC(=O)NC)N1CCC(C2(C)NC(=O)NC2=O)CC1.I. The number of guanidine groups is 1. The smallest absolute Gasteiger partial charge is 0.322 e. The lowest BCUT2D eigenvalue weighted by molar-refractivity contribution is -0.125. The minimum Gasteiger partial charge on any atom is -0.359 e. The molecule has 2 fully saturated rings. The Bertz CT molecular complexity index is 562. The van der Waals surface area contributed by atoms with Gasteiger partial charge in [-0.15, -0.1) is 24.0 Å². The largest absolute Gasteiger partial charge is 0.359 e. The molecule has 9 nitrogen and oxygen atoms in total. The maximum atomic E-state index is 12.1. The first kappa shape index (κ1) is 22.5. The molecular weight excluding hydrogens is 451 g/mol. The van der Waals surface area contributed by atoms with Crippen molar-refractivity contribution in [2.24, 2.45) is 10.9 Å². The van der Waals surface area contributed by atoms with Crippen molar-refractivity contribution in [3.8, 4) is 0 Å². The second-order valence-corrected chi connectivity index (χ2v) is 6.53. The fraction of sp³-hybridized carbons (Fsp3) is 0.750. The standard InChI is InChI=1S/C16H28N6O3.HI/c1-4-18-14(19-8-5-12(23)17-3)22-9-6-11(7-10-22)16(2)13(24)20-15(25)21-16;/h11H,4-10H2,1-3H3,(H,17,23)(H,18,19)(H2,20,21,24,25);1H. The van der Waals surface area contributed by atoms with Crippen LogP contribution in [0.5, 0.6) is 0 Å². The van der Waals surface area contributed by atoms with Crippen molar-refractivity contribution < 1.29 is 14.4 Å². The van der Waals surface area contributed by atoms with Gasteiger partial charge in [0.25, 0.3) is 5.91 Å². The molecule has 2 aliphatic heterocycles. The molecule has 148 valence electrons. The van der Waals surface area contributed by atoms with Gasteiger partial charge in [-0.05, 0) is 32.6 Å². The average molecular weight is 480 g/mol. The number of likely N-dealkylation sites (tertiary alicyclic amines) is 1. The maximum absolute atomic E-state index is 12.1. The summed E-state index contributed by atoms with van der Waals surface area (Å²) in [5.74, 6) is 0.593. The summed E-state index contributed by atoms with van der Waals surface area (Å²) in [5, 5.41) is 10.9. The third kappa shape index (κ3) is 5.21. The fourth-order valence-corrected chi connectivity index (χ4v) is 3.33. The summed E-state index contributed by atoms with van der Waals surface area (Å²) in [6.07, 6.45) is 1.92. The predicted molar refractivity (Wildman–Crippen MR) is 109 cm³/mol. The van der Waals surface area contributed by atoms with Crippen LogP contribution in [-0.2, 0) is 9.59 Å². The van der Waals surface area contributed by atoms with Crippen LogP contribution in [0.3, 0.4) is 0 Å². The van der Waals surface area contributed by atoms with E-state index in [2.05, 4.69) is 31.2 Å². The van der Waals surface area contributed by atoms with Crippen molar-refractivity contribution in [3.05, 3.63) is 0 Å². The number of rotatable bonds is 5. The number of carbonyl (C=O) groups excluding carboxylic acids is 3. The van der Waals surface area contributed by atoms with Crippen LogP contribution >= 0.6 is 24.0 Å². The summed E-state index contributed by atoms with van der Waals surface area (Å²) >= 11 is 0. The van der Waals surface area contributed by atoms with Crippen LogP contribution in [0.25, 0.3) is 0 Å². The molecule has 2 saturated heterocycles. The van der Waals surface area contributed by atoms with Gasteiger partial charge >= 0.3 is 6.03 Å². The van der Waals surface area contributed by atoms with Crippen molar-refractivity contribution in [1.82, 2.24) is 26.2 Å². The maximum Gasteiger partial charge on any atom is 0.322 e. The van der Waals surface area contributed by atoms with Crippen molar-refractivity contribution >= 4 is 47.8 Å². The van der Waals surface area contributed by atoms with Gasteiger partial charge in [0.1, 0.15) is 5.54 Å². The van der Waals surface area contributed by atoms with Gasteiger partial charge in [0.2, 0.25) is 5.91 Å². The van der Waals surface area contributed by atoms with E-state index in [0.29, 0.717) is 13.0 Å². The molecule has 2 aliphatic rings. The molecule has 0 aromatic carbocycles. The molecule has 0 saturated carbocycles. The first-order chi connectivity index (χ1) is 11.9. The number of halogens is 1. The molecule has 10 heteroatoms. The molecule has 2 rings (SSSR count). The number of hydrogen-bond acceptors (Lipinski definition) is 4. The molecule has 1 atom stereocenters. The number of imide groups is 1. The number of carbonyl (C=O) groups is 3. The van der Waals surface area contributed by atoms with Gasteiger partial charge < -0.3 is 20.9 Å². The molecule has 0 aromatic heterocycles. The number of aliphatic imine (C=N–C) groups is 1. The second kappa shape index (κ2) is 9.93. The van der Waals surface area contributed by atoms with Crippen LogP contribution < -0.4 is 21.3 Å². The lowest BCUT2D eigenvalue weighted by atomic mass is 9.79. The van der Waals surface area contributed by atoms with E-state index in [-0.39, 0.29) is 41.7 Å². The Morgan fingerprint density at radius 1 is 1.35 bits per heavy atom. The van der Waals surface area contributed by atoms with Crippen molar-refractivity contribution in [2.75, 3.05) is 33.2 Å². The Morgan fingerprint density at radius 3 is 2.50 bits per heavy atom. The molecule has 4 amide bonds. The molecule has 0 bridgehead atoms. The molecule has 4 N–H and O–H groups in total. The summed E-state index contributed by atoms with van der Waals surface area (Å²) in [6.45, 7) is 6.45. The zero-order chi connectivity index (χ0) is 18.4. The van der Waals surface area contributed by atoms with E-state index >= 15 is 0 Å². The Kier molecular flexibility index (Phi) is 8.57. The Morgan fingerprint density at radius 2 is 2.00 bits per heavy atom. The van der Waals surface area contributed by atoms with Crippen LogP contribution in [0, 0.1) is 5.92 Å². The quantitative estimate of drug-likeness (QED) is 0.192. The van der Waals surface area contributed by atoms with E-state index in [4.69, 9.17) is 0 Å². The van der Waals surface area contributed by atoms with Gasteiger partial charge in [0, 0.05) is 33.1 Å². The van der Waals surface area contributed by atoms with Gasteiger partial charge in [-0.25, -0.2) is 4.79 Å². The lowest BCUT2D eigenvalue weighted by Crippen LogP contribution is -2.55. The molecule has 2 heterocycles. The van der Waals surface area contributed by atoms with Gasteiger partial charge in [0.05, 0.1) is 6.54 Å². The summed E-state index contributed by atoms with van der Waals surface area (Å²) in [4.78, 5) is 41.5. The molecule has 0 aliphatic carbocycles. The van der Waals surface area contributed by atoms with Gasteiger partial charge in [-0.1, -0.05) is 0 Å². The third-order valence-corrected chi connectivity index (χ3v) is 4.90. The second-order valence-electron chi connectivity index (χ2n) is 6.53. The fourth-order valence-electron chi connectivity index (χ4n) is 3.33. The Labute approximate surface area is 171 Å². The number of amides is 4. The topological polar surface area (TPSA) is 115 Å². The highest BCUT2D eigenvalue weighted by molar-refractivity contribution is 14.0. The number of nitrogens with zero attached hydrogens (tertiary/aromatic N) is 2. The van der Waals surface area contributed by atoms with Crippen molar-refractivity contribution in [2.45, 2.75) is 38.6 Å². The minimum absolute atomic E-state index is 0. The Hall–Kier alpha value is -1.59. The van der Waals surface area contributed by atoms with Gasteiger partial charge in [-0.3, -0.25) is 19.9 Å². The molecule has 0 aromatic rings. The summed E-state index contributed by atoms with van der Waals surface area (Å²) in [6, 6.07) is -0.418. The first-order valence-electron chi connectivity index (χ1n) is 8.78. The number of nitrogens with one attached hydrogen (secondary N) is 4. The van der Waals surface area contributed by atoms with Crippen molar-refractivity contribution in [3.63, 3.8) is 0 Å². The third-order valence-electron chi connectivity index (χ3n) is 4.90. The van der Waals surface area contributed by atoms with Crippen LogP contribution in [-0.4, -0.2) is 67.5 Å². The summed E-state index contributed by atoms with van der Waals surface area (Å²) in [5.41, 5.74) is -0.835. The summed E-state index contributed by atoms with van der Waals surface area (Å²) < 4.78 is 0. The van der Waals surface area contributed by atoms with Crippen LogP contribution in [0.4, 0.5) is 4.79 Å². The molecule has 0 spiro atoms. The first-order valence-corrected chi connectivity index (χ1v) is 8.78. The highest BCUT2D eigenvalue weighted by Crippen LogP contribution is 2.30. The zero-order valence-electron chi connectivity index (χ0n) is 15.6. The van der Waals surface area contributed by atoms with E-state index in [1.165, 1.54) is 0 Å². The normalized spacial score (nSPS) is 23.8. The monoisotopic (exact) mass is 480 g/mol. The van der Waals surface area contributed by atoms with E-state index in [0.717, 1.165) is 38.4 Å². The minimum atomic E-state index is -0.835. The summed E-state index contributed by atoms with van der Waals surface area (Å²) in [7, 11) is 1.61. The number of urea groups is 1. The van der Waals surface area contributed by atoms with Crippen molar-refractivity contribution in [1.29, 1.82) is 0 Å². The highest BCUT2D eigenvalue weighted by Gasteiger charge is 2.48. The highest BCUT2D eigenvalue weighted by atomic mass is 127. The van der Waals surface area contributed by atoms with Gasteiger partial charge in [0.15, 0.2) is 5.96 Å². The van der Waals surface area contributed by atoms with E-state index in [1.807, 2.05) is 6.92 Å². The lowest BCUT2D eigenvalue weighted by Gasteiger charge is -2.39. The van der Waals surface area contributed by atoms with E-state index < -0.39 is 11.6 Å². The number of hydrogen-bond donors (Lipinski definition) is 4. The van der Waals surface area contributed by atoms with Crippen LogP contribution in [0.15, 0.2) is 4.99 Å². The van der Waals surface area contributed by atoms with E-state index in [9.17, 15) is 14.4 Å². The molecular formula is C16H29IN6O3. The molecule has 26 heavy (non-hydrogen) atoms. The van der Waals surface area contributed by atoms with Crippen LogP contribution in [0.1, 0.15) is 33.1 Å². The predicted octanol–water partition coefficient (Wildman–Crippen LogP) is 0.0161. The average Bonchev–Trinajstić information content (AvgIpc) is 2.87.